The zero-order valence-corrected chi connectivity index (χ0v) is 12.3. The maximum Gasteiger partial charge on any atom is 0.197 e. The molecule has 0 radical (unpaired) electrons. The molecule has 1 heterocycles. The second kappa shape index (κ2) is 6.40. The third-order valence-electron chi connectivity index (χ3n) is 4.57. The SMILES string of the molecule is CNC(CCC1CCCC1)Cc1nc2ccccc2o1. The number of hydrogen-bond acceptors (Lipinski definition) is 3. The van der Waals surface area contributed by atoms with Crippen molar-refractivity contribution in [3.63, 3.8) is 0 Å². The standard InChI is InChI=1S/C17H24N2O/c1-18-14(11-10-13-6-2-3-7-13)12-17-19-15-8-4-5-9-16(15)20-17/h4-5,8-9,13-14,18H,2-3,6-7,10-12H2,1H3. The Morgan fingerprint density at radius 2 is 2.10 bits per heavy atom. The lowest BCUT2D eigenvalue weighted by Gasteiger charge is -2.16. The normalized spacial score (nSPS) is 17.9. The van der Waals surface area contributed by atoms with Crippen molar-refractivity contribution in [2.24, 2.45) is 5.92 Å². The van der Waals surface area contributed by atoms with E-state index < -0.39 is 0 Å². The van der Waals surface area contributed by atoms with E-state index in [9.17, 15) is 0 Å². The summed E-state index contributed by atoms with van der Waals surface area (Å²) in [7, 11) is 2.04. The molecule has 1 N–H and O–H groups in total. The van der Waals surface area contributed by atoms with Gasteiger partial charge in [0.2, 0.25) is 0 Å². The molecule has 1 fully saturated rings. The predicted molar refractivity (Wildman–Crippen MR) is 81.8 cm³/mol. The molecule has 3 heteroatoms. The molecule has 0 amide bonds. The molecule has 1 saturated carbocycles. The summed E-state index contributed by atoms with van der Waals surface area (Å²) in [5, 5.41) is 3.42. The minimum Gasteiger partial charge on any atom is -0.441 e. The smallest absolute Gasteiger partial charge is 0.197 e. The van der Waals surface area contributed by atoms with Gasteiger partial charge in [0.15, 0.2) is 11.5 Å². The molecule has 1 aliphatic rings. The fourth-order valence-corrected chi connectivity index (χ4v) is 3.30. The van der Waals surface area contributed by atoms with Crippen LogP contribution in [0.2, 0.25) is 0 Å². The first kappa shape index (κ1) is 13.6. The van der Waals surface area contributed by atoms with Crippen LogP contribution in [-0.2, 0) is 6.42 Å². The largest absolute Gasteiger partial charge is 0.441 e. The Balaban J connectivity index is 1.58. The number of nitrogens with one attached hydrogen (secondary N) is 1. The number of rotatable bonds is 6. The number of para-hydroxylation sites is 2. The Bertz CT molecular complexity index is 510. The van der Waals surface area contributed by atoms with E-state index in [0.29, 0.717) is 6.04 Å². The molecule has 1 aliphatic carbocycles. The maximum absolute atomic E-state index is 5.82. The number of hydrogen-bond donors (Lipinski definition) is 1. The highest BCUT2D eigenvalue weighted by molar-refractivity contribution is 5.72. The molecule has 1 atom stereocenters. The van der Waals surface area contributed by atoms with E-state index in [0.717, 1.165) is 29.3 Å². The van der Waals surface area contributed by atoms with Gasteiger partial charge in [0, 0.05) is 12.5 Å². The van der Waals surface area contributed by atoms with Crippen LogP contribution in [0, 0.1) is 5.92 Å². The highest BCUT2D eigenvalue weighted by Crippen LogP contribution is 2.29. The molecule has 0 bridgehead atoms. The third-order valence-corrected chi connectivity index (χ3v) is 4.57. The monoisotopic (exact) mass is 272 g/mol. The van der Waals surface area contributed by atoms with Gasteiger partial charge in [0.1, 0.15) is 5.52 Å². The number of nitrogens with zero attached hydrogens (tertiary/aromatic N) is 1. The van der Waals surface area contributed by atoms with Crippen LogP contribution in [0.3, 0.4) is 0 Å². The minimum absolute atomic E-state index is 0.476. The molecular formula is C17H24N2O. The van der Waals surface area contributed by atoms with E-state index in [1.807, 2.05) is 31.3 Å². The fraction of sp³-hybridized carbons (Fsp3) is 0.588. The summed E-state index contributed by atoms with van der Waals surface area (Å²) in [5.74, 6) is 1.81. The number of oxazole rings is 1. The van der Waals surface area contributed by atoms with Gasteiger partial charge in [-0.3, -0.25) is 0 Å². The summed E-state index contributed by atoms with van der Waals surface area (Å²) in [5.41, 5.74) is 1.86. The molecule has 1 aromatic heterocycles. The number of benzene rings is 1. The molecule has 3 nitrogen and oxygen atoms in total. The predicted octanol–water partition coefficient (Wildman–Crippen LogP) is 3.93. The Kier molecular flexibility index (Phi) is 4.36. The van der Waals surface area contributed by atoms with E-state index in [2.05, 4.69) is 10.3 Å². The van der Waals surface area contributed by atoms with Crippen LogP contribution in [0.5, 0.6) is 0 Å². The zero-order chi connectivity index (χ0) is 13.8. The topological polar surface area (TPSA) is 38.1 Å². The second-order valence-electron chi connectivity index (χ2n) is 5.99. The van der Waals surface area contributed by atoms with Crippen LogP contribution in [0.1, 0.15) is 44.4 Å². The van der Waals surface area contributed by atoms with Crippen LogP contribution in [0.15, 0.2) is 28.7 Å². The van der Waals surface area contributed by atoms with Gasteiger partial charge < -0.3 is 9.73 Å². The highest BCUT2D eigenvalue weighted by atomic mass is 16.3. The van der Waals surface area contributed by atoms with Crippen LogP contribution >= 0.6 is 0 Å². The summed E-state index contributed by atoms with van der Waals surface area (Å²) in [6, 6.07) is 8.47. The van der Waals surface area contributed by atoms with Gasteiger partial charge in [-0.15, -0.1) is 0 Å². The lowest BCUT2D eigenvalue weighted by atomic mass is 9.97. The van der Waals surface area contributed by atoms with E-state index in [1.54, 1.807) is 0 Å². The van der Waals surface area contributed by atoms with E-state index >= 15 is 0 Å². The van der Waals surface area contributed by atoms with Gasteiger partial charge >= 0.3 is 0 Å². The molecule has 2 aromatic rings. The Morgan fingerprint density at radius 1 is 1.30 bits per heavy atom. The van der Waals surface area contributed by atoms with Gasteiger partial charge in [0.05, 0.1) is 0 Å². The van der Waals surface area contributed by atoms with Crippen LogP contribution in [0.25, 0.3) is 11.1 Å². The summed E-state index contributed by atoms with van der Waals surface area (Å²) < 4.78 is 5.82. The molecule has 0 spiro atoms. The van der Waals surface area contributed by atoms with Gasteiger partial charge in [0.25, 0.3) is 0 Å². The molecule has 0 saturated heterocycles. The molecule has 1 aromatic carbocycles. The maximum atomic E-state index is 5.82. The summed E-state index contributed by atoms with van der Waals surface area (Å²) in [6.45, 7) is 0. The number of aromatic nitrogens is 1. The zero-order valence-electron chi connectivity index (χ0n) is 12.3. The van der Waals surface area contributed by atoms with E-state index in [-0.39, 0.29) is 0 Å². The van der Waals surface area contributed by atoms with Crippen molar-refractivity contribution >= 4 is 11.1 Å². The van der Waals surface area contributed by atoms with Crippen molar-refractivity contribution in [3.8, 4) is 0 Å². The summed E-state index contributed by atoms with van der Waals surface area (Å²) in [4.78, 5) is 4.57. The van der Waals surface area contributed by atoms with Crippen LogP contribution in [-0.4, -0.2) is 18.1 Å². The van der Waals surface area contributed by atoms with Gasteiger partial charge in [-0.1, -0.05) is 37.8 Å². The second-order valence-corrected chi connectivity index (χ2v) is 5.99. The van der Waals surface area contributed by atoms with Crippen molar-refractivity contribution in [1.29, 1.82) is 0 Å². The fourth-order valence-electron chi connectivity index (χ4n) is 3.30. The van der Waals surface area contributed by atoms with Crippen molar-refractivity contribution < 1.29 is 4.42 Å². The van der Waals surface area contributed by atoms with Gasteiger partial charge in [-0.25, -0.2) is 4.98 Å². The number of likely N-dealkylation sites (N-methyl/N-ethyl adjacent to an activating group) is 1. The van der Waals surface area contributed by atoms with Crippen molar-refractivity contribution in [2.75, 3.05) is 7.05 Å². The summed E-state index contributed by atoms with van der Waals surface area (Å²) >= 11 is 0. The lowest BCUT2D eigenvalue weighted by Crippen LogP contribution is -2.28. The molecule has 20 heavy (non-hydrogen) atoms. The minimum atomic E-state index is 0.476. The Hall–Kier alpha value is -1.35. The van der Waals surface area contributed by atoms with Crippen molar-refractivity contribution in [3.05, 3.63) is 30.2 Å². The summed E-state index contributed by atoms with van der Waals surface area (Å²) in [6.07, 6.45) is 9.17. The average molecular weight is 272 g/mol. The molecule has 0 aliphatic heterocycles. The highest BCUT2D eigenvalue weighted by Gasteiger charge is 2.18. The molecule has 3 rings (SSSR count). The third kappa shape index (κ3) is 3.21. The van der Waals surface area contributed by atoms with Gasteiger partial charge in [-0.2, -0.15) is 0 Å². The lowest BCUT2D eigenvalue weighted by molar-refractivity contribution is 0.395. The average Bonchev–Trinajstić information content (AvgIpc) is 3.11. The van der Waals surface area contributed by atoms with Crippen molar-refractivity contribution in [1.82, 2.24) is 10.3 Å². The quantitative estimate of drug-likeness (QED) is 0.866. The first-order chi connectivity index (χ1) is 9.85. The first-order valence-electron chi connectivity index (χ1n) is 7.87. The molecular weight excluding hydrogens is 248 g/mol. The Labute approximate surface area is 120 Å². The van der Waals surface area contributed by atoms with E-state index in [4.69, 9.17) is 4.42 Å². The van der Waals surface area contributed by atoms with E-state index in [1.165, 1.54) is 38.5 Å². The molecule has 1 unspecified atom stereocenters. The number of fused-ring (bicyclic) bond motifs is 1. The van der Waals surface area contributed by atoms with Crippen molar-refractivity contribution in [2.45, 2.75) is 51.0 Å². The van der Waals surface area contributed by atoms with Gasteiger partial charge in [-0.05, 0) is 37.9 Å². The van der Waals surface area contributed by atoms with Crippen LogP contribution in [0.4, 0.5) is 0 Å². The molecule has 108 valence electrons. The first-order valence-corrected chi connectivity index (χ1v) is 7.87. The Morgan fingerprint density at radius 3 is 2.85 bits per heavy atom. The van der Waals surface area contributed by atoms with Crippen LogP contribution < -0.4 is 5.32 Å².